The van der Waals surface area contributed by atoms with Crippen LogP contribution in [0.1, 0.15) is 13.3 Å². The Morgan fingerprint density at radius 2 is 2.39 bits per heavy atom. The van der Waals surface area contributed by atoms with Crippen LogP contribution in [0.3, 0.4) is 0 Å². The molecule has 0 bridgehead atoms. The van der Waals surface area contributed by atoms with Gasteiger partial charge in [0, 0.05) is 24.8 Å². The van der Waals surface area contributed by atoms with E-state index in [0.29, 0.717) is 13.1 Å². The predicted molar refractivity (Wildman–Crippen MR) is 67.3 cm³/mol. The Morgan fingerprint density at radius 3 is 3.06 bits per heavy atom. The third kappa shape index (κ3) is 2.98. The molecule has 1 aliphatic heterocycles. The molecule has 0 saturated carbocycles. The van der Waals surface area contributed by atoms with Crippen LogP contribution < -0.4 is 10.2 Å². The van der Waals surface area contributed by atoms with Crippen LogP contribution in [0.15, 0.2) is 24.3 Å². The molecule has 0 aromatic heterocycles. The smallest absolute Gasteiger partial charge is 0.305 e. The molecule has 0 aliphatic carbocycles. The van der Waals surface area contributed by atoms with Crippen LogP contribution in [0.4, 0.5) is 10.1 Å². The first-order valence-electron chi connectivity index (χ1n) is 6.03. The number of halogens is 1. The van der Waals surface area contributed by atoms with Crippen molar-refractivity contribution in [2.24, 2.45) is 0 Å². The summed E-state index contributed by atoms with van der Waals surface area (Å²) in [6.07, 6.45) is 0.0518. The first-order chi connectivity index (χ1) is 8.56. The fourth-order valence-electron chi connectivity index (χ4n) is 2.31. The van der Waals surface area contributed by atoms with E-state index in [-0.39, 0.29) is 24.3 Å². The van der Waals surface area contributed by atoms with Gasteiger partial charge < -0.3 is 15.3 Å². The minimum absolute atomic E-state index is 0.0518. The van der Waals surface area contributed by atoms with Crippen molar-refractivity contribution < 1.29 is 14.3 Å². The Labute approximate surface area is 105 Å². The number of benzene rings is 1. The highest BCUT2D eigenvalue weighted by atomic mass is 19.1. The third-order valence-electron chi connectivity index (χ3n) is 3.16. The van der Waals surface area contributed by atoms with Gasteiger partial charge in [-0.1, -0.05) is 6.07 Å². The first kappa shape index (κ1) is 12.8. The summed E-state index contributed by atoms with van der Waals surface area (Å²) in [5, 5.41) is 12.2. The van der Waals surface area contributed by atoms with E-state index in [1.165, 1.54) is 12.1 Å². The van der Waals surface area contributed by atoms with Gasteiger partial charge in [0.25, 0.3) is 0 Å². The van der Waals surface area contributed by atoms with Gasteiger partial charge in [-0.3, -0.25) is 4.79 Å². The van der Waals surface area contributed by atoms with Gasteiger partial charge in [0.05, 0.1) is 12.5 Å². The molecule has 2 atom stereocenters. The molecule has 4 nitrogen and oxygen atoms in total. The number of carboxylic acid groups (broad SMARTS) is 1. The Balaban J connectivity index is 2.21. The molecule has 5 heteroatoms. The van der Waals surface area contributed by atoms with Gasteiger partial charge in [0.2, 0.25) is 0 Å². The number of nitrogens with one attached hydrogen (secondary N) is 1. The van der Waals surface area contributed by atoms with Crippen molar-refractivity contribution in [2.75, 3.05) is 18.0 Å². The number of hydrogen-bond acceptors (Lipinski definition) is 3. The maximum atomic E-state index is 13.3. The monoisotopic (exact) mass is 252 g/mol. The van der Waals surface area contributed by atoms with Gasteiger partial charge >= 0.3 is 5.97 Å². The number of hydrogen-bond donors (Lipinski definition) is 2. The Kier molecular flexibility index (Phi) is 3.81. The normalized spacial score (nSPS) is 24.0. The highest BCUT2D eigenvalue weighted by molar-refractivity contribution is 5.68. The summed E-state index contributed by atoms with van der Waals surface area (Å²) >= 11 is 0. The summed E-state index contributed by atoms with van der Waals surface area (Å²) < 4.78 is 13.3. The minimum atomic E-state index is -0.835. The summed E-state index contributed by atoms with van der Waals surface area (Å²) in [7, 11) is 0. The number of rotatable bonds is 3. The van der Waals surface area contributed by atoms with Gasteiger partial charge in [-0.05, 0) is 25.1 Å². The van der Waals surface area contributed by atoms with Gasteiger partial charge in [0.1, 0.15) is 5.82 Å². The van der Waals surface area contributed by atoms with Crippen molar-refractivity contribution in [1.82, 2.24) is 5.32 Å². The molecule has 1 aromatic rings. The van der Waals surface area contributed by atoms with Gasteiger partial charge in [-0.15, -0.1) is 0 Å². The Hall–Kier alpha value is -1.62. The van der Waals surface area contributed by atoms with Crippen LogP contribution in [-0.2, 0) is 4.79 Å². The van der Waals surface area contributed by atoms with Crippen molar-refractivity contribution in [3.05, 3.63) is 30.1 Å². The predicted octanol–water partition coefficient (Wildman–Crippen LogP) is 1.47. The average Bonchev–Trinajstić information content (AvgIpc) is 2.31. The average molecular weight is 252 g/mol. The van der Waals surface area contributed by atoms with Crippen molar-refractivity contribution in [3.63, 3.8) is 0 Å². The molecule has 1 aromatic carbocycles. The molecule has 1 fully saturated rings. The first-order valence-corrected chi connectivity index (χ1v) is 6.03. The quantitative estimate of drug-likeness (QED) is 0.855. The molecule has 1 heterocycles. The molecule has 18 heavy (non-hydrogen) atoms. The zero-order valence-corrected chi connectivity index (χ0v) is 10.3. The van der Waals surface area contributed by atoms with Crippen LogP contribution in [0.5, 0.6) is 0 Å². The molecule has 2 N–H and O–H groups in total. The molecule has 0 spiro atoms. The molecule has 1 saturated heterocycles. The van der Waals surface area contributed by atoms with Gasteiger partial charge in [-0.2, -0.15) is 0 Å². The highest BCUT2D eigenvalue weighted by Gasteiger charge is 2.27. The topological polar surface area (TPSA) is 52.6 Å². The number of aliphatic carboxylic acids is 1. The zero-order chi connectivity index (χ0) is 13.1. The van der Waals surface area contributed by atoms with Crippen molar-refractivity contribution >= 4 is 11.7 Å². The van der Waals surface area contributed by atoms with E-state index in [9.17, 15) is 9.18 Å². The molecule has 2 unspecified atom stereocenters. The number of anilines is 1. The summed E-state index contributed by atoms with van der Waals surface area (Å²) in [6, 6.07) is 6.43. The summed E-state index contributed by atoms with van der Waals surface area (Å²) in [5.74, 6) is -1.13. The second-order valence-electron chi connectivity index (χ2n) is 4.69. The van der Waals surface area contributed by atoms with Crippen LogP contribution in [0.25, 0.3) is 0 Å². The van der Waals surface area contributed by atoms with E-state index in [4.69, 9.17) is 5.11 Å². The maximum absolute atomic E-state index is 13.3. The van der Waals surface area contributed by atoms with Crippen molar-refractivity contribution in [2.45, 2.75) is 25.4 Å². The SMILES string of the molecule is CC1CN(c2cccc(F)c2)C(CC(=O)O)CN1. The lowest BCUT2D eigenvalue weighted by Crippen LogP contribution is -2.56. The van der Waals surface area contributed by atoms with E-state index >= 15 is 0 Å². The molecule has 2 rings (SSSR count). The van der Waals surface area contributed by atoms with Gasteiger partial charge in [0.15, 0.2) is 0 Å². The maximum Gasteiger partial charge on any atom is 0.305 e. The molecular formula is C13H17FN2O2. The standard InChI is InChI=1S/C13H17FN2O2/c1-9-8-16(11-4-2-3-10(14)5-11)12(7-15-9)6-13(17)18/h2-5,9,12,15H,6-8H2,1H3,(H,17,18). The van der Waals surface area contributed by atoms with E-state index in [1.807, 2.05) is 17.9 Å². The zero-order valence-electron chi connectivity index (χ0n) is 10.3. The highest BCUT2D eigenvalue weighted by Crippen LogP contribution is 2.22. The summed E-state index contributed by atoms with van der Waals surface area (Å²) in [4.78, 5) is 12.8. The van der Waals surface area contributed by atoms with E-state index < -0.39 is 5.97 Å². The van der Waals surface area contributed by atoms with Crippen LogP contribution >= 0.6 is 0 Å². The molecule has 1 aliphatic rings. The fourth-order valence-corrected chi connectivity index (χ4v) is 2.31. The Bertz CT molecular complexity index is 439. The van der Waals surface area contributed by atoms with Gasteiger partial charge in [-0.25, -0.2) is 4.39 Å². The van der Waals surface area contributed by atoms with Crippen LogP contribution in [0.2, 0.25) is 0 Å². The number of carboxylic acids is 1. The number of nitrogens with zero attached hydrogens (tertiary/aromatic N) is 1. The molecule has 0 amide bonds. The lowest BCUT2D eigenvalue weighted by molar-refractivity contribution is -0.137. The van der Waals surface area contributed by atoms with E-state index in [0.717, 1.165) is 5.69 Å². The van der Waals surface area contributed by atoms with E-state index in [1.54, 1.807) is 6.07 Å². The number of piperazine rings is 1. The van der Waals surface area contributed by atoms with E-state index in [2.05, 4.69) is 5.32 Å². The molecular weight excluding hydrogens is 235 g/mol. The van der Waals surface area contributed by atoms with Crippen LogP contribution in [-0.4, -0.2) is 36.2 Å². The summed E-state index contributed by atoms with van der Waals surface area (Å²) in [5.41, 5.74) is 0.745. The lowest BCUT2D eigenvalue weighted by atomic mass is 10.1. The van der Waals surface area contributed by atoms with Crippen molar-refractivity contribution in [1.29, 1.82) is 0 Å². The van der Waals surface area contributed by atoms with Crippen LogP contribution in [0, 0.1) is 5.82 Å². The second kappa shape index (κ2) is 5.35. The third-order valence-corrected chi connectivity index (χ3v) is 3.16. The van der Waals surface area contributed by atoms with Crippen molar-refractivity contribution in [3.8, 4) is 0 Å². The number of carbonyl (C=O) groups is 1. The molecule has 98 valence electrons. The minimum Gasteiger partial charge on any atom is -0.481 e. The Morgan fingerprint density at radius 1 is 1.61 bits per heavy atom. The summed E-state index contributed by atoms with van der Waals surface area (Å²) in [6.45, 7) is 3.31. The fraction of sp³-hybridized carbons (Fsp3) is 0.462. The second-order valence-corrected chi connectivity index (χ2v) is 4.69. The largest absolute Gasteiger partial charge is 0.481 e. The molecule has 0 radical (unpaired) electrons. The lowest BCUT2D eigenvalue weighted by Gasteiger charge is -2.40.